The maximum Gasteiger partial charge on any atom is 0.319 e. The minimum atomic E-state index is -1.04. The number of aryl methyl sites for hydroxylation is 1. The summed E-state index contributed by atoms with van der Waals surface area (Å²) in [5, 5.41) is 0. The number of Topliss-reactive ketones (excluding diaryl/α,β-unsaturated/α-hetero) is 1. The van der Waals surface area contributed by atoms with Crippen LogP contribution in [-0.4, -0.2) is 11.8 Å². The summed E-state index contributed by atoms with van der Waals surface area (Å²) in [6.45, 7) is 8.71. The van der Waals surface area contributed by atoms with Crippen LogP contribution < -0.4 is 0 Å². The van der Waals surface area contributed by atoms with Gasteiger partial charge in [0.1, 0.15) is 17.3 Å². The molecule has 0 spiro atoms. The lowest BCUT2D eigenvalue weighted by atomic mass is 9.83. The van der Waals surface area contributed by atoms with Crippen LogP contribution in [0.4, 0.5) is 0 Å². The first-order valence-electron chi connectivity index (χ1n) is 6.60. The Bertz CT molecular complexity index is 461. The molecule has 1 rings (SSSR count). The smallest absolute Gasteiger partial charge is 0.319 e. The highest BCUT2D eigenvalue weighted by atomic mass is 16.5. The van der Waals surface area contributed by atoms with Crippen LogP contribution in [0.2, 0.25) is 0 Å². The van der Waals surface area contributed by atoms with Crippen molar-refractivity contribution in [3.8, 4) is 0 Å². The van der Waals surface area contributed by atoms with Gasteiger partial charge >= 0.3 is 5.97 Å². The standard InChI is InChI=1S/C16H22O3/c1-6-16(5,13(4)17)15(18)19-12(3)14-9-7-11(2)8-10-14/h7-10,12H,6H2,1-5H3. The number of hydrogen-bond donors (Lipinski definition) is 0. The molecule has 0 N–H and O–H groups in total. The van der Waals surface area contributed by atoms with Gasteiger partial charge in [0.05, 0.1) is 0 Å². The van der Waals surface area contributed by atoms with Gasteiger partial charge in [-0.15, -0.1) is 0 Å². The third-order valence-corrected chi connectivity index (χ3v) is 3.77. The highest BCUT2D eigenvalue weighted by Crippen LogP contribution is 2.28. The molecule has 3 nitrogen and oxygen atoms in total. The van der Waals surface area contributed by atoms with Crippen molar-refractivity contribution in [2.45, 2.75) is 47.1 Å². The quantitative estimate of drug-likeness (QED) is 0.601. The summed E-state index contributed by atoms with van der Waals surface area (Å²) in [6.07, 6.45) is 0.0974. The lowest BCUT2D eigenvalue weighted by molar-refractivity contribution is -0.163. The van der Waals surface area contributed by atoms with Crippen molar-refractivity contribution in [2.75, 3.05) is 0 Å². The maximum absolute atomic E-state index is 12.1. The Labute approximate surface area is 115 Å². The number of rotatable bonds is 5. The average molecular weight is 262 g/mol. The van der Waals surface area contributed by atoms with Crippen LogP contribution in [0, 0.1) is 12.3 Å². The van der Waals surface area contributed by atoms with Gasteiger partial charge in [-0.3, -0.25) is 9.59 Å². The molecule has 0 saturated carbocycles. The van der Waals surface area contributed by atoms with Gasteiger partial charge in [-0.25, -0.2) is 0 Å². The van der Waals surface area contributed by atoms with E-state index in [1.165, 1.54) is 6.92 Å². The maximum atomic E-state index is 12.1. The average Bonchev–Trinajstić information content (AvgIpc) is 2.37. The van der Waals surface area contributed by atoms with Crippen molar-refractivity contribution in [3.05, 3.63) is 35.4 Å². The van der Waals surface area contributed by atoms with E-state index >= 15 is 0 Å². The molecule has 3 heteroatoms. The van der Waals surface area contributed by atoms with Crippen molar-refractivity contribution in [1.82, 2.24) is 0 Å². The molecule has 0 heterocycles. The van der Waals surface area contributed by atoms with Crippen molar-refractivity contribution in [3.63, 3.8) is 0 Å². The van der Waals surface area contributed by atoms with E-state index in [2.05, 4.69) is 0 Å². The Balaban J connectivity index is 2.81. The minimum Gasteiger partial charge on any atom is -0.457 e. The largest absolute Gasteiger partial charge is 0.457 e. The van der Waals surface area contributed by atoms with E-state index in [0.717, 1.165) is 11.1 Å². The summed E-state index contributed by atoms with van der Waals surface area (Å²) in [6, 6.07) is 7.82. The van der Waals surface area contributed by atoms with Gasteiger partial charge in [-0.05, 0) is 39.7 Å². The Morgan fingerprint density at radius 2 is 1.79 bits per heavy atom. The molecular formula is C16H22O3. The zero-order valence-corrected chi connectivity index (χ0v) is 12.3. The second-order valence-electron chi connectivity index (χ2n) is 5.20. The summed E-state index contributed by atoms with van der Waals surface area (Å²) in [4.78, 5) is 23.7. The molecule has 0 aromatic heterocycles. The number of carbonyl (C=O) groups excluding carboxylic acids is 2. The topological polar surface area (TPSA) is 43.4 Å². The van der Waals surface area contributed by atoms with Gasteiger partial charge in [-0.1, -0.05) is 36.8 Å². The summed E-state index contributed by atoms with van der Waals surface area (Å²) in [5.74, 6) is -0.605. The van der Waals surface area contributed by atoms with Crippen molar-refractivity contribution in [1.29, 1.82) is 0 Å². The summed E-state index contributed by atoms with van der Waals surface area (Å²) in [7, 11) is 0. The molecule has 0 aliphatic carbocycles. The van der Waals surface area contributed by atoms with E-state index in [1.807, 2.05) is 45.0 Å². The number of ketones is 1. The Morgan fingerprint density at radius 1 is 1.26 bits per heavy atom. The fraction of sp³-hybridized carbons (Fsp3) is 0.500. The van der Waals surface area contributed by atoms with Crippen molar-refractivity contribution < 1.29 is 14.3 Å². The molecule has 0 aliphatic rings. The van der Waals surface area contributed by atoms with E-state index < -0.39 is 11.4 Å². The molecule has 1 aromatic carbocycles. The Morgan fingerprint density at radius 3 is 2.21 bits per heavy atom. The molecule has 0 saturated heterocycles. The third-order valence-electron chi connectivity index (χ3n) is 3.77. The molecule has 2 unspecified atom stereocenters. The summed E-state index contributed by atoms with van der Waals surface area (Å²) in [5.41, 5.74) is 1.05. The molecular weight excluding hydrogens is 240 g/mol. The van der Waals surface area contributed by atoms with Gasteiger partial charge < -0.3 is 4.74 Å². The first-order valence-corrected chi connectivity index (χ1v) is 6.60. The predicted octanol–water partition coefficient (Wildman–Crippen LogP) is 3.60. The Kier molecular flexibility index (Phi) is 4.87. The molecule has 0 radical (unpaired) electrons. The van der Waals surface area contributed by atoms with Crippen LogP contribution >= 0.6 is 0 Å². The number of ether oxygens (including phenoxy) is 1. The minimum absolute atomic E-state index is 0.156. The predicted molar refractivity (Wildman–Crippen MR) is 74.8 cm³/mol. The van der Waals surface area contributed by atoms with E-state index in [1.54, 1.807) is 6.92 Å². The van der Waals surface area contributed by atoms with Gasteiger partial charge in [-0.2, -0.15) is 0 Å². The molecule has 0 amide bonds. The summed E-state index contributed by atoms with van der Waals surface area (Å²) < 4.78 is 5.43. The first kappa shape index (κ1) is 15.4. The van der Waals surface area contributed by atoms with E-state index in [9.17, 15) is 9.59 Å². The molecule has 19 heavy (non-hydrogen) atoms. The van der Waals surface area contributed by atoms with Crippen LogP contribution in [0.1, 0.15) is 51.3 Å². The highest BCUT2D eigenvalue weighted by molar-refractivity contribution is 6.02. The zero-order chi connectivity index (χ0) is 14.6. The number of esters is 1. The summed E-state index contributed by atoms with van der Waals surface area (Å²) >= 11 is 0. The fourth-order valence-corrected chi connectivity index (χ4v) is 1.73. The van der Waals surface area contributed by atoms with E-state index in [4.69, 9.17) is 4.74 Å². The van der Waals surface area contributed by atoms with Gasteiger partial charge in [0.25, 0.3) is 0 Å². The van der Waals surface area contributed by atoms with E-state index in [-0.39, 0.29) is 11.9 Å². The third kappa shape index (κ3) is 3.43. The highest BCUT2D eigenvalue weighted by Gasteiger charge is 2.38. The number of hydrogen-bond acceptors (Lipinski definition) is 3. The lowest BCUT2D eigenvalue weighted by Crippen LogP contribution is -2.36. The number of benzene rings is 1. The molecule has 0 bridgehead atoms. The van der Waals surface area contributed by atoms with Gasteiger partial charge in [0.2, 0.25) is 0 Å². The van der Waals surface area contributed by atoms with Crippen LogP contribution in [-0.2, 0) is 14.3 Å². The Hall–Kier alpha value is -1.64. The molecule has 1 aromatic rings. The monoisotopic (exact) mass is 262 g/mol. The lowest BCUT2D eigenvalue weighted by Gasteiger charge is -2.25. The van der Waals surface area contributed by atoms with Crippen LogP contribution in [0.15, 0.2) is 24.3 Å². The fourth-order valence-electron chi connectivity index (χ4n) is 1.73. The molecule has 2 atom stereocenters. The van der Waals surface area contributed by atoms with Crippen LogP contribution in [0.5, 0.6) is 0 Å². The van der Waals surface area contributed by atoms with E-state index in [0.29, 0.717) is 6.42 Å². The van der Waals surface area contributed by atoms with Gasteiger partial charge in [0.15, 0.2) is 0 Å². The number of carbonyl (C=O) groups is 2. The van der Waals surface area contributed by atoms with Crippen LogP contribution in [0.3, 0.4) is 0 Å². The molecule has 104 valence electrons. The normalized spacial score (nSPS) is 15.4. The SMILES string of the molecule is CCC(C)(C(C)=O)C(=O)OC(C)c1ccc(C)cc1. The second kappa shape index (κ2) is 6.00. The second-order valence-corrected chi connectivity index (χ2v) is 5.20. The van der Waals surface area contributed by atoms with Crippen molar-refractivity contribution >= 4 is 11.8 Å². The van der Waals surface area contributed by atoms with Gasteiger partial charge in [0, 0.05) is 0 Å². The zero-order valence-electron chi connectivity index (χ0n) is 12.3. The molecule has 0 fully saturated rings. The van der Waals surface area contributed by atoms with Crippen molar-refractivity contribution in [2.24, 2.45) is 5.41 Å². The van der Waals surface area contributed by atoms with Crippen LogP contribution in [0.25, 0.3) is 0 Å². The molecule has 0 aliphatic heterocycles. The first-order chi connectivity index (χ1) is 8.81.